The maximum Gasteiger partial charge on any atom is 0.305 e. The number of unbranched alkanes of at least 4 members (excludes halogenated alkanes) is 22. The van der Waals surface area contributed by atoms with E-state index in [0.29, 0.717) is 13.0 Å². The van der Waals surface area contributed by atoms with Gasteiger partial charge in [0.1, 0.15) is 0 Å². The van der Waals surface area contributed by atoms with Crippen LogP contribution in [0.2, 0.25) is 0 Å². The zero-order valence-corrected chi connectivity index (χ0v) is 23.6. The zero-order valence-electron chi connectivity index (χ0n) is 23.6. The third kappa shape index (κ3) is 29.2. The summed E-state index contributed by atoms with van der Waals surface area (Å²) in [5, 5.41) is 0. The lowest BCUT2D eigenvalue weighted by Gasteiger charge is -2.05. The molecule has 0 aromatic carbocycles. The average molecular weight is 479 g/mol. The molecule has 0 saturated heterocycles. The maximum atomic E-state index is 11.8. The molecule has 0 aliphatic carbocycles. The van der Waals surface area contributed by atoms with Crippen LogP contribution in [-0.4, -0.2) is 12.6 Å². The fraction of sp³-hybridized carbons (Fsp3) is 0.906. The molecule has 0 bridgehead atoms. The van der Waals surface area contributed by atoms with Gasteiger partial charge in [-0.1, -0.05) is 148 Å². The van der Waals surface area contributed by atoms with Gasteiger partial charge in [0, 0.05) is 6.42 Å². The number of hydrogen-bond acceptors (Lipinski definition) is 2. The molecule has 0 aliphatic heterocycles. The van der Waals surface area contributed by atoms with Crippen molar-refractivity contribution >= 4 is 5.97 Å². The standard InChI is InChI=1S/C32H62O2/c1-3-5-7-9-11-13-15-17-18-19-20-22-24-26-28-30-32(33)34-31-29-27-25-23-21-16-14-12-10-8-6-4-2/h17-18H,3-16,19-31H2,1-2H3/b18-17-. The summed E-state index contributed by atoms with van der Waals surface area (Å²) < 4.78 is 5.40. The molecule has 0 N–H and O–H groups in total. The second-order valence-electron chi connectivity index (χ2n) is 10.4. The Labute approximate surface area is 215 Å². The van der Waals surface area contributed by atoms with Gasteiger partial charge in [-0.05, 0) is 38.5 Å². The van der Waals surface area contributed by atoms with E-state index in [0.717, 1.165) is 19.3 Å². The summed E-state index contributed by atoms with van der Waals surface area (Å²) in [6.45, 7) is 5.18. The van der Waals surface area contributed by atoms with E-state index in [9.17, 15) is 4.79 Å². The molecular weight excluding hydrogens is 416 g/mol. The van der Waals surface area contributed by atoms with Crippen molar-refractivity contribution in [3.8, 4) is 0 Å². The minimum atomic E-state index is 0.0145. The van der Waals surface area contributed by atoms with E-state index in [-0.39, 0.29) is 5.97 Å². The van der Waals surface area contributed by atoms with Crippen LogP contribution < -0.4 is 0 Å². The summed E-state index contributed by atoms with van der Waals surface area (Å²) in [6, 6.07) is 0. The number of ether oxygens (including phenoxy) is 1. The average Bonchev–Trinajstić information content (AvgIpc) is 2.84. The first-order valence-corrected chi connectivity index (χ1v) is 15.6. The number of rotatable bonds is 28. The second kappa shape index (κ2) is 30.2. The SMILES string of the molecule is CCCCCCCC/C=C\CCCCCCCC(=O)OCCCCCCCCCCCCCC. The molecule has 0 spiro atoms. The topological polar surface area (TPSA) is 26.3 Å². The second-order valence-corrected chi connectivity index (χ2v) is 10.4. The van der Waals surface area contributed by atoms with Crippen LogP contribution in [0.1, 0.15) is 181 Å². The summed E-state index contributed by atoms with van der Waals surface area (Å²) in [5.41, 5.74) is 0. The van der Waals surface area contributed by atoms with Gasteiger partial charge < -0.3 is 4.74 Å². The fourth-order valence-corrected chi connectivity index (χ4v) is 4.54. The monoisotopic (exact) mass is 478 g/mol. The largest absolute Gasteiger partial charge is 0.466 e. The fourth-order valence-electron chi connectivity index (χ4n) is 4.54. The predicted octanol–water partition coefficient (Wildman–Crippen LogP) is 11.3. The molecule has 0 aromatic rings. The molecule has 0 aromatic heterocycles. The highest BCUT2D eigenvalue weighted by atomic mass is 16.5. The third-order valence-electron chi connectivity index (χ3n) is 6.90. The van der Waals surface area contributed by atoms with Crippen molar-refractivity contribution in [2.75, 3.05) is 6.61 Å². The van der Waals surface area contributed by atoms with Gasteiger partial charge in [0.15, 0.2) is 0 Å². The van der Waals surface area contributed by atoms with Gasteiger partial charge in [0.2, 0.25) is 0 Å². The molecule has 0 saturated carbocycles. The van der Waals surface area contributed by atoms with Gasteiger partial charge >= 0.3 is 5.97 Å². The number of carbonyl (C=O) groups is 1. The highest BCUT2D eigenvalue weighted by molar-refractivity contribution is 5.69. The summed E-state index contributed by atoms with van der Waals surface area (Å²) >= 11 is 0. The molecular formula is C32H62O2. The number of carbonyl (C=O) groups excluding carboxylic acids is 1. The normalized spacial score (nSPS) is 11.5. The maximum absolute atomic E-state index is 11.8. The highest BCUT2D eigenvalue weighted by Crippen LogP contribution is 2.13. The molecule has 0 aliphatic rings. The van der Waals surface area contributed by atoms with Gasteiger partial charge in [-0.3, -0.25) is 4.79 Å². The number of esters is 1. The van der Waals surface area contributed by atoms with Crippen LogP contribution in [0.25, 0.3) is 0 Å². The van der Waals surface area contributed by atoms with E-state index in [1.54, 1.807) is 0 Å². The van der Waals surface area contributed by atoms with E-state index in [1.165, 1.54) is 141 Å². The van der Waals surface area contributed by atoms with Crippen LogP contribution >= 0.6 is 0 Å². The lowest BCUT2D eigenvalue weighted by atomic mass is 10.1. The molecule has 0 unspecified atom stereocenters. The summed E-state index contributed by atoms with van der Waals surface area (Å²) in [7, 11) is 0. The Bertz CT molecular complexity index is 415. The number of allylic oxidation sites excluding steroid dienone is 2. The van der Waals surface area contributed by atoms with E-state index >= 15 is 0 Å². The van der Waals surface area contributed by atoms with Crippen molar-refractivity contribution in [1.82, 2.24) is 0 Å². The van der Waals surface area contributed by atoms with Gasteiger partial charge in [0.25, 0.3) is 0 Å². The molecule has 0 atom stereocenters. The van der Waals surface area contributed by atoms with Crippen molar-refractivity contribution < 1.29 is 9.53 Å². The lowest BCUT2D eigenvalue weighted by molar-refractivity contribution is -0.143. The van der Waals surface area contributed by atoms with Crippen molar-refractivity contribution in [3.05, 3.63) is 12.2 Å². The van der Waals surface area contributed by atoms with Gasteiger partial charge in [-0.15, -0.1) is 0 Å². The van der Waals surface area contributed by atoms with Crippen LogP contribution in [0.4, 0.5) is 0 Å². The van der Waals surface area contributed by atoms with Gasteiger partial charge in [-0.25, -0.2) is 0 Å². The Morgan fingerprint density at radius 3 is 1.26 bits per heavy atom. The van der Waals surface area contributed by atoms with E-state index in [2.05, 4.69) is 26.0 Å². The van der Waals surface area contributed by atoms with Gasteiger partial charge in [-0.2, -0.15) is 0 Å². The van der Waals surface area contributed by atoms with Gasteiger partial charge in [0.05, 0.1) is 6.61 Å². The molecule has 2 nitrogen and oxygen atoms in total. The first-order valence-electron chi connectivity index (χ1n) is 15.6. The van der Waals surface area contributed by atoms with E-state index in [1.807, 2.05) is 0 Å². The van der Waals surface area contributed by atoms with Crippen LogP contribution in [0.5, 0.6) is 0 Å². The van der Waals surface area contributed by atoms with Crippen LogP contribution in [0.15, 0.2) is 12.2 Å². The Hall–Kier alpha value is -0.790. The van der Waals surface area contributed by atoms with E-state index in [4.69, 9.17) is 4.74 Å². The van der Waals surface area contributed by atoms with Crippen molar-refractivity contribution in [2.24, 2.45) is 0 Å². The summed E-state index contributed by atoms with van der Waals surface area (Å²) in [4.78, 5) is 11.8. The van der Waals surface area contributed by atoms with Crippen molar-refractivity contribution in [3.63, 3.8) is 0 Å². The molecule has 0 heterocycles. The molecule has 0 radical (unpaired) electrons. The Kier molecular flexibility index (Phi) is 29.5. The molecule has 34 heavy (non-hydrogen) atoms. The third-order valence-corrected chi connectivity index (χ3v) is 6.90. The Morgan fingerprint density at radius 1 is 0.471 bits per heavy atom. The molecule has 0 amide bonds. The Morgan fingerprint density at radius 2 is 0.824 bits per heavy atom. The Balaban J connectivity index is 3.19. The quantitative estimate of drug-likeness (QED) is 0.0634. The molecule has 0 rings (SSSR count). The zero-order chi connectivity index (χ0) is 24.8. The highest BCUT2D eigenvalue weighted by Gasteiger charge is 2.02. The van der Waals surface area contributed by atoms with Crippen LogP contribution in [0, 0.1) is 0 Å². The first kappa shape index (κ1) is 33.2. The first-order chi connectivity index (χ1) is 16.8. The van der Waals surface area contributed by atoms with Crippen LogP contribution in [0.3, 0.4) is 0 Å². The number of hydrogen-bond donors (Lipinski definition) is 0. The summed E-state index contributed by atoms with van der Waals surface area (Å²) in [5.74, 6) is 0.0145. The van der Waals surface area contributed by atoms with E-state index < -0.39 is 0 Å². The molecule has 0 fully saturated rings. The van der Waals surface area contributed by atoms with Crippen molar-refractivity contribution in [2.45, 2.75) is 181 Å². The smallest absolute Gasteiger partial charge is 0.305 e. The molecule has 202 valence electrons. The lowest BCUT2D eigenvalue weighted by Crippen LogP contribution is -2.05. The summed E-state index contributed by atoms with van der Waals surface area (Å²) in [6.07, 6.45) is 38.2. The van der Waals surface area contributed by atoms with Crippen LogP contribution in [-0.2, 0) is 9.53 Å². The predicted molar refractivity (Wildman–Crippen MR) is 151 cm³/mol. The minimum Gasteiger partial charge on any atom is -0.466 e. The minimum absolute atomic E-state index is 0.0145. The van der Waals surface area contributed by atoms with Crippen molar-refractivity contribution in [1.29, 1.82) is 0 Å². The molecule has 2 heteroatoms.